The Bertz CT molecular complexity index is 379. The van der Waals surface area contributed by atoms with Crippen LogP contribution in [0.25, 0.3) is 0 Å². The van der Waals surface area contributed by atoms with Gasteiger partial charge in [0, 0.05) is 19.8 Å². The molecule has 5 heteroatoms. The van der Waals surface area contributed by atoms with Crippen LogP contribution in [-0.2, 0) is 9.31 Å². The van der Waals surface area contributed by atoms with E-state index in [0.29, 0.717) is 0 Å². The van der Waals surface area contributed by atoms with Gasteiger partial charge < -0.3 is 14.3 Å². The third-order valence-corrected chi connectivity index (χ3v) is 5.13. The van der Waals surface area contributed by atoms with Crippen molar-refractivity contribution < 1.29 is 9.31 Å². The van der Waals surface area contributed by atoms with Gasteiger partial charge in [0.15, 0.2) is 0 Å². The molecule has 1 fully saturated rings. The van der Waals surface area contributed by atoms with Gasteiger partial charge in [0.25, 0.3) is 0 Å². The van der Waals surface area contributed by atoms with Gasteiger partial charge in [-0.15, -0.1) is 0 Å². The fourth-order valence-corrected chi connectivity index (χ4v) is 2.98. The van der Waals surface area contributed by atoms with Crippen molar-refractivity contribution in [2.24, 2.45) is 5.10 Å². The van der Waals surface area contributed by atoms with E-state index in [1.807, 2.05) is 19.1 Å². The molecule has 0 aromatic rings. The van der Waals surface area contributed by atoms with Crippen LogP contribution >= 0.6 is 0 Å². The Morgan fingerprint density at radius 3 is 1.96 bits per heavy atom. The van der Waals surface area contributed by atoms with Gasteiger partial charge >= 0.3 is 7.12 Å². The van der Waals surface area contributed by atoms with Crippen molar-refractivity contribution >= 4 is 12.8 Å². The third-order valence-electron chi connectivity index (χ3n) is 5.13. The highest BCUT2D eigenvalue weighted by atomic mass is 16.7. The predicted octanol–water partition coefficient (Wildman–Crippen LogP) is 5.14. The summed E-state index contributed by atoms with van der Waals surface area (Å²) in [5.41, 5.74) is 0.788. The second-order valence-corrected chi connectivity index (χ2v) is 8.26. The van der Waals surface area contributed by atoms with Crippen molar-refractivity contribution in [2.45, 2.75) is 104 Å². The van der Waals surface area contributed by atoms with Gasteiger partial charge in [-0.1, -0.05) is 39.0 Å². The molecule has 24 heavy (non-hydrogen) atoms. The zero-order valence-electron chi connectivity index (χ0n) is 17.2. The first-order valence-corrected chi connectivity index (χ1v) is 9.77. The molecule has 140 valence electrons. The lowest BCUT2D eigenvalue weighted by atomic mass is 9.81. The van der Waals surface area contributed by atoms with E-state index in [1.165, 1.54) is 44.2 Å². The second kappa shape index (κ2) is 9.81. The fraction of sp³-hybridized carbons (Fsp3) is 0.947. The highest BCUT2D eigenvalue weighted by Gasteiger charge is 2.50. The molecule has 0 unspecified atom stereocenters. The van der Waals surface area contributed by atoms with Gasteiger partial charge in [-0.2, -0.15) is 5.10 Å². The Labute approximate surface area is 150 Å². The summed E-state index contributed by atoms with van der Waals surface area (Å²) in [6.07, 6.45) is 10.8. The van der Waals surface area contributed by atoms with Gasteiger partial charge in [0.2, 0.25) is 0 Å². The van der Waals surface area contributed by atoms with Crippen molar-refractivity contribution in [1.82, 2.24) is 5.01 Å². The number of nitrogens with zero attached hydrogens (tertiary/aromatic N) is 2. The second-order valence-electron chi connectivity index (χ2n) is 8.26. The summed E-state index contributed by atoms with van der Waals surface area (Å²) in [7, 11) is 3.87. The van der Waals surface area contributed by atoms with E-state index in [0.717, 1.165) is 19.2 Å². The van der Waals surface area contributed by atoms with E-state index in [2.05, 4.69) is 39.7 Å². The van der Waals surface area contributed by atoms with Gasteiger partial charge in [-0.25, -0.2) is 0 Å². The van der Waals surface area contributed by atoms with E-state index in [-0.39, 0.29) is 18.3 Å². The smallest absolute Gasteiger partial charge is 0.403 e. The third kappa shape index (κ3) is 7.14. The van der Waals surface area contributed by atoms with Crippen molar-refractivity contribution in [2.75, 3.05) is 14.1 Å². The standard InChI is InChI=1S/C19H39BN2O2/c1-8-9-10-11-12-13-14-17(21-22(6)7)15-16-20-23-18(2,3)19(4,5)24-20/h8-16H2,1-7H3/b21-17+. The summed E-state index contributed by atoms with van der Waals surface area (Å²) in [5, 5.41) is 6.60. The van der Waals surface area contributed by atoms with Crippen molar-refractivity contribution in [3.63, 3.8) is 0 Å². The monoisotopic (exact) mass is 338 g/mol. The first-order valence-electron chi connectivity index (χ1n) is 9.77. The topological polar surface area (TPSA) is 34.1 Å². The number of rotatable bonds is 11. The SMILES string of the molecule is CCCCCCCC/C(CCB1OC(C)(C)C(C)(C)O1)=N\N(C)C. The largest absolute Gasteiger partial charge is 0.458 e. The predicted molar refractivity (Wildman–Crippen MR) is 105 cm³/mol. The molecule has 1 aliphatic heterocycles. The number of hydrogen-bond donors (Lipinski definition) is 0. The van der Waals surface area contributed by atoms with Crippen LogP contribution < -0.4 is 0 Å². The molecule has 0 spiro atoms. The molecule has 0 radical (unpaired) electrons. The quantitative estimate of drug-likeness (QED) is 0.226. The molecule has 1 heterocycles. The maximum atomic E-state index is 6.10. The molecule has 0 aromatic heterocycles. The molecule has 0 bridgehead atoms. The lowest BCUT2D eigenvalue weighted by Crippen LogP contribution is -2.41. The van der Waals surface area contributed by atoms with Crippen LogP contribution in [0.3, 0.4) is 0 Å². The Balaban J connectivity index is 2.39. The Morgan fingerprint density at radius 2 is 1.42 bits per heavy atom. The van der Waals surface area contributed by atoms with E-state index in [9.17, 15) is 0 Å². The molecule has 1 aliphatic rings. The number of hydrazone groups is 1. The Kier molecular flexibility index (Phi) is 8.79. The van der Waals surface area contributed by atoms with E-state index in [4.69, 9.17) is 9.31 Å². The summed E-state index contributed by atoms with van der Waals surface area (Å²) < 4.78 is 12.2. The lowest BCUT2D eigenvalue weighted by Gasteiger charge is -2.32. The first-order chi connectivity index (χ1) is 11.2. The van der Waals surface area contributed by atoms with Crippen LogP contribution in [0.1, 0.15) is 86.0 Å². The molecule has 1 rings (SSSR count). The molecule has 0 amide bonds. The number of unbranched alkanes of at least 4 members (excludes halogenated alkanes) is 5. The van der Waals surface area contributed by atoms with Gasteiger partial charge in [0.1, 0.15) is 0 Å². The molecule has 4 nitrogen and oxygen atoms in total. The van der Waals surface area contributed by atoms with Crippen LogP contribution in [0.4, 0.5) is 0 Å². The van der Waals surface area contributed by atoms with E-state index in [1.54, 1.807) is 0 Å². The van der Waals surface area contributed by atoms with Gasteiger partial charge in [-0.05, 0) is 53.3 Å². The highest BCUT2D eigenvalue weighted by Crippen LogP contribution is 2.38. The Morgan fingerprint density at radius 1 is 0.875 bits per heavy atom. The fourth-order valence-electron chi connectivity index (χ4n) is 2.98. The van der Waals surface area contributed by atoms with Crippen LogP contribution in [0, 0.1) is 0 Å². The first kappa shape index (κ1) is 21.5. The summed E-state index contributed by atoms with van der Waals surface area (Å²) in [6, 6.07) is 0. The van der Waals surface area contributed by atoms with E-state index < -0.39 is 0 Å². The average Bonchev–Trinajstić information content (AvgIpc) is 2.67. The summed E-state index contributed by atoms with van der Waals surface area (Å²) in [5.74, 6) is 0. The summed E-state index contributed by atoms with van der Waals surface area (Å²) in [4.78, 5) is 0. The maximum Gasteiger partial charge on any atom is 0.458 e. The lowest BCUT2D eigenvalue weighted by molar-refractivity contribution is 0.00578. The summed E-state index contributed by atoms with van der Waals surface area (Å²) >= 11 is 0. The van der Waals surface area contributed by atoms with Crippen LogP contribution in [0.2, 0.25) is 6.32 Å². The van der Waals surface area contributed by atoms with Crippen molar-refractivity contribution in [1.29, 1.82) is 0 Å². The minimum Gasteiger partial charge on any atom is -0.403 e. The molecule has 0 aliphatic carbocycles. The Hall–Kier alpha value is -0.545. The normalized spacial score (nSPS) is 19.8. The molecular weight excluding hydrogens is 299 g/mol. The minimum absolute atomic E-state index is 0.119. The van der Waals surface area contributed by atoms with Crippen LogP contribution in [0.5, 0.6) is 0 Å². The van der Waals surface area contributed by atoms with Crippen LogP contribution in [0.15, 0.2) is 5.10 Å². The zero-order chi connectivity index (χ0) is 18.2. The summed E-state index contributed by atoms with van der Waals surface area (Å²) in [6.45, 7) is 10.7. The molecule has 0 N–H and O–H groups in total. The highest BCUT2D eigenvalue weighted by molar-refractivity contribution is 6.45. The molecule has 0 saturated carbocycles. The van der Waals surface area contributed by atoms with Gasteiger partial charge in [-0.3, -0.25) is 0 Å². The van der Waals surface area contributed by atoms with Crippen molar-refractivity contribution in [3.05, 3.63) is 0 Å². The zero-order valence-corrected chi connectivity index (χ0v) is 17.2. The molecular formula is C19H39BN2O2. The molecule has 0 atom stereocenters. The van der Waals surface area contributed by atoms with Crippen LogP contribution in [-0.4, -0.2) is 43.1 Å². The maximum absolute atomic E-state index is 6.10. The molecule has 0 aromatic carbocycles. The average molecular weight is 338 g/mol. The number of hydrogen-bond acceptors (Lipinski definition) is 4. The minimum atomic E-state index is -0.240. The van der Waals surface area contributed by atoms with E-state index >= 15 is 0 Å². The van der Waals surface area contributed by atoms with Gasteiger partial charge in [0.05, 0.1) is 11.2 Å². The van der Waals surface area contributed by atoms with Crippen molar-refractivity contribution in [3.8, 4) is 0 Å². The molecule has 1 saturated heterocycles.